The first-order valence-corrected chi connectivity index (χ1v) is 8.06. The number of piperidine rings is 1. The lowest BCUT2D eigenvalue weighted by atomic mass is 10.1. The van der Waals surface area contributed by atoms with Crippen molar-refractivity contribution in [2.75, 3.05) is 20.1 Å². The Hall–Kier alpha value is -2.56. The highest BCUT2D eigenvalue weighted by molar-refractivity contribution is 6.32. The normalized spacial score (nSPS) is 19.3. The van der Waals surface area contributed by atoms with Crippen LogP contribution in [0.2, 0.25) is 0 Å². The van der Waals surface area contributed by atoms with E-state index < -0.39 is 0 Å². The molecule has 2 amide bonds. The number of nitrogens with zero attached hydrogens (tertiary/aromatic N) is 3. The molecule has 2 aliphatic rings. The summed E-state index contributed by atoms with van der Waals surface area (Å²) in [5.41, 5.74) is 1.99. The molecule has 1 aromatic heterocycles. The van der Waals surface area contributed by atoms with Crippen molar-refractivity contribution < 1.29 is 9.59 Å². The zero-order valence-electron chi connectivity index (χ0n) is 13.2. The second-order valence-electron chi connectivity index (χ2n) is 6.16. The molecule has 5 heteroatoms. The summed E-state index contributed by atoms with van der Waals surface area (Å²) in [6.45, 7) is 1.68. The lowest BCUT2D eigenvalue weighted by molar-refractivity contribution is -0.136. The summed E-state index contributed by atoms with van der Waals surface area (Å²) in [5, 5.41) is 1.06. The zero-order valence-corrected chi connectivity index (χ0v) is 13.2. The topological polar surface area (TPSA) is 45.6 Å². The van der Waals surface area contributed by atoms with Crippen LogP contribution >= 0.6 is 0 Å². The highest BCUT2D eigenvalue weighted by Gasteiger charge is 2.40. The van der Waals surface area contributed by atoms with Gasteiger partial charge in [0.25, 0.3) is 11.8 Å². The van der Waals surface area contributed by atoms with Crippen LogP contribution in [-0.4, -0.2) is 46.3 Å². The van der Waals surface area contributed by atoms with Crippen LogP contribution in [0.5, 0.6) is 0 Å². The van der Waals surface area contributed by atoms with Gasteiger partial charge in [-0.1, -0.05) is 18.2 Å². The molecule has 2 aliphatic heterocycles. The Morgan fingerprint density at radius 3 is 2.35 bits per heavy atom. The Kier molecular flexibility index (Phi) is 3.22. The van der Waals surface area contributed by atoms with Crippen molar-refractivity contribution >= 4 is 28.4 Å². The van der Waals surface area contributed by atoms with Gasteiger partial charge in [-0.3, -0.25) is 14.5 Å². The van der Waals surface area contributed by atoms with Crippen molar-refractivity contribution in [2.45, 2.75) is 19.3 Å². The largest absolute Gasteiger partial charge is 0.365 e. The van der Waals surface area contributed by atoms with E-state index >= 15 is 0 Å². The lowest BCUT2D eigenvalue weighted by Gasteiger charge is -2.29. The molecule has 1 saturated heterocycles. The predicted octanol–water partition coefficient (Wildman–Crippen LogP) is 2.29. The molecule has 2 aromatic rings. The predicted molar refractivity (Wildman–Crippen MR) is 88.4 cm³/mol. The summed E-state index contributed by atoms with van der Waals surface area (Å²) in [6.07, 6.45) is 5.20. The molecule has 0 atom stereocenters. The standard InChI is InChI=1S/C18H19N3O2/c1-19-17(22)15(20-10-5-2-6-11-20)16(18(19)23)21-12-9-13-7-3-4-8-14(13)21/h3-4,7-9,12H,2,5-6,10-11H2,1H3. The summed E-state index contributed by atoms with van der Waals surface area (Å²) < 4.78 is 1.86. The van der Waals surface area contributed by atoms with E-state index in [1.54, 1.807) is 7.05 Å². The number of benzene rings is 1. The van der Waals surface area contributed by atoms with E-state index in [1.807, 2.05) is 41.1 Å². The number of hydrogen-bond acceptors (Lipinski definition) is 3. The van der Waals surface area contributed by atoms with Crippen LogP contribution in [0.1, 0.15) is 19.3 Å². The first-order chi connectivity index (χ1) is 11.2. The molecule has 0 radical (unpaired) electrons. The third-order valence-corrected chi connectivity index (χ3v) is 4.75. The summed E-state index contributed by atoms with van der Waals surface area (Å²) in [7, 11) is 1.56. The van der Waals surface area contributed by atoms with Crippen LogP contribution in [0.25, 0.3) is 16.6 Å². The van der Waals surface area contributed by atoms with E-state index in [4.69, 9.17) is 0 Å². The Morgan fingerprint density at radius 2 is 1.57 bits per heavy atom. The van der Waals surface area contributed by atoms with E-state index in [1.165, 1.54) is 11.3 Å². The van der Waals surface area contributed by atoms with Gasteiger partial charge in [-0.05, 0) is 36.8 Å². The molecular formula is C18H19N3O2. The van der Waals surface area contributed by atoms with Crippen LogP contribution in [0, 0.1) is 0 Å². The number of aromatic nitrogens is 1. The lowest BCUT2D eigenvalue weighted by Crippen LogP contribution is -2.35. The minimum absolute atomic E-state index is 0.190. The number of carbonyl (C=O) groups excluding carboxylic acids is 2. The number of amides is 2. The fourth-order valence-electron chi connectivity index (χ4n) is 3.51. The molecule has 1 fully saturated rings. The summed E-state index contributed by atoms with van der Waals surface area (Å²) in [4.78, 5) is 28.7. The molecule has 0 spiro atoms. The van der Waals surface area contributed by atoms with E-state index in [0.717, 1.165) is 36.8 Å². The molecule has 0 saturated carbocycles. The van der Waals surface area contributed by atoms with Gasteiger partial charge in [-0.25, -0.2) is 0 Å². The van der Waals surface area contributed by atoms with Crippen molar-refractivity contribution in [1.29, 1.82) is 0 Å². The third kappa shape index (κ3) is 2.07. The fraction of sp³-hybridized carbons (Fsp3) is 0.333. The molecule has 118 valence electrons. The highest BCUT2D eigenvalue weighted by Crippen LogP contribution is 2.31. The van der Waals surface area contributed by atoms with E-state index in [2.05, 4.69) is 4.90 Å². The van der Waals surface area contributed by atoms with Crippen LogP contribution < -0.4 is 0 Å². The van der Waals surface area contributed by atoms with Crippen molar-refractivity contribution in [3.63, 3.8) is 0 Å². The summed E-state index contributed by atoms with van der Waals surface area (Å²) >= 11 is 0. The van der Waals surface area contributed by atoms with Gasteiger partial charge in [-0.15, -0.1) is 0 Å². The Bertz CT molecular complexity index is 828. The molecular weight excluding hydrogens is 290 g/mol. The maximum atomic E-state index is 12.7. The minimum atomic E-state index is -0.225. The quantitative estimate of drug-likeness (QED) is 0.800. The molecule has 0 aliphatic carbocycles. The van der Waals surface area contributed by atoms with Crippen molar-refractivity contribution in [2.24, 2.45) is 0 Å². The molecule has 23 heavy (non-hydrogen) atoms. The SMILES string of the molecule is CN1C(=O)C(N2CCCCC2)=C(n2ccc3ccccc32)C1=O. The number of imide groups is 1. The molecule has 3 heterocycles. The number of hydrogen-bond donors (Lipinski definition) is 0. The van der Waals surface area contributed by atoms with Gasteiger partial charge in [0.15, 0.2) is 0 Å². The van der Waals surface area contributed by atoms with Gasteiger partial charge in [0.2, 0.25) is 0 Å². The average molecular weight is 309 g/mol. The van der Waals surface area contributed by atoms with Crippen LogP contribution in [-0.2, 0) is 9.59 Å². The van der Waals surface area contributed by atoms with Crippen molar-refractivity contribution in [1.82, 2.24) is 14.4 Å². The summed E-state index contributed by atoms with van der Waals surface area (Å²) in [5.74, 6) is -0.415. The Balaban J connectivity index is 1.92. The van der Waals surface area contributed by atoms with Crippen LogP contribution in [0.3, 0.4) is 0 Å². The molecule has 5 nitrogen and oxygen atoms in total. The van der Waals surface area contributed by atoms with Crippen molar-refractivity contribution in [3.05, 3.63) is 42.2 Å². The molecule has 0 N–H and O–H groups in total. The molecule has 4 rings (SSSR count). The third-order valence-electron chi connectivity index (χ3n) is 4.75. The smallest absolute Gasteiger partial charge is 0.279 e. The van der Waals surface area contributed by atoms with Gasteiger partial charge in [0, 0.05) is 26.3 Å². The Labute approximate surface area is 134 Å². The van der Waals surface area contributed by atoms with Gasteiger partial charge < -0.3 is 9.47 Å². The molecule has 1 aromatic carbocycles. The number of likely N-dealkylation sites (N-methyl/N-ethyl adjacent to an activating group) is 1. The second kappa shape index (κ2) is 5.26. The van der Waals surface area contributed by atoms with Crippen LogP contribution in [0.4, 0.5) is 0 Å². The number of fused-ring (bicyclic) bond motifs is 1. The maximum absolute atomic E-state index is 12.7. The fourth-order valence-corrected chi connectivity index (χ4v) is 3.51. The van der Waals surface area contributed by atoms with E-state index in [9.17, 15) is 9.59 Å². The molecule has 0 bridgehead atoms. The zero-order chi connectivity index (χ0) is 16.0. The van der Waals surface area contributed by atoms with Gasteiger partial charge in [0.1, 0.15) is 11.4 Å². The maximum Gasteiger partial charge on any atom is 0.279 e. The number of para-hydroxylation sites is 1. The highest BCUT2D eigenvalue weighted by atomic mass is 16.2. The molecule has 0 unspecified atom stereocenters. The minimum Gasteiger partial charge on any atom is -0.365 e. The first kappa shape index (κ1) is 14.1. The summed E-state index contributed by atoms with van der Waals surface area (Å²) in [6, 6.07) is 9.89. The van der Waals surface area contributed by atoms with Crippen molar-refractivity contribution in [3.8, 4) is 0 Å². The van der Waals surface area contributed by atoms with Gasteiger partial charge in [-0.2, -0.15) is 0 Å². The average Bonchev–Trinajstić information content (AvgIpc) is 3.10. The monoisotopic (exact) mass is 309 g/mol. The van der Waals surface area contributed by atoms with E-state index in [0.29, 0.717) is 11.4 Å². The van der Waals surface area contributed by atoms with Gasteiger partial charge in [0.05, 0.1) is 5.52 Å². The number of rotatable bonds is 2. The Morgan fingerprint density at radius 1 is 0.870 bits per heavy atom. The first-order valence-electron chi connectivity index (χ1n) is 8.06. The van der Waals surface area contributed by atoms with Crippen LogP contribution in [0.15, 0.2) is 42.2 Å². The van der Waals surface area contributed by atoms with E-state index in [-0.39, 0.29) is 11.8 Å². The van der Waals surface area contributed by atoms with Gasteiger partial charge >= 0.3 is 0 Å². The second-order valence-corrected chi connectivity index (χ2v) is 6.16. The number of likely N-dealkylation sites (tertiary alicyclic amines) is 1. The number of carbonyl (C=O) groups is 2.